The van der Waals surface area contributed by atoms with Gasteiger partial charge in [-0.3, -0.25) is 0 Å². The smallest absolute Gasteiger partial charge is 0.232 e. The van der Waals surface area contributed by atoms with Crippen LogP contribution in [0.5, 0.6) is 0 Å². The highest BCUT2D eigenvalue weighted by Crippen LogP contribution is 2.40. The van der Waals surface area contributed by atoms with E-state index in [2.05, 4.69) is 0 Å². The molecule has 0 fully saturated rings. The highest BCUT2D eigenvalue weighted by atomic mass is 32.7. The lowest BCUT2D eigenvalue weighted by molar-refractivity contribution is 0.296. The van der Waals surface area contributed by atoms with Crippen LogP contribution in [0.3, 0.4) is 0 Å². The van der Waals surface area contributed by atoms with E-state index in [1.165, 1.54) is 0 Å². The van der Waals surface area contributed by atoms with Crippen molar-refractivity contribution < 1.29 is 14.9 Å². The van der Waals surface area contributed by atoms with Gasteiger partial charge in [0.25, 0.3) is 0 Å². The zero-order valence-electron chi connectivity index (χ0n) is 4.32. The van der Waals surface area contributed by atoms with Crippen LogP contribution in [0.15, 0.2) is 0 Å². The minimum absolute atomic E-state index is 0.121. The molecule has 50 valence electrons. The Kier molecular flexibility index (Phi) is 6.27. The summed E-state index contributed by atoms with van der Waals surface area (Å²) in [5, 5.41) is 8.21. The van der Waals surface area contributed by atoms with E-state index in [0.29, 0.717) is 12.2 Å². The molecule has 0 aliphatic rings. The largest absolute Gasteiger partial charge is 0.396 e. The van der Waals surface area contributed by atoms with Crippen LogP contribution >= 0.6 is 19.0 Å². The Morgan fingerprint density at radius 2 is 2.00 bits per heavy atom. The van der Waals surface area contributed by atoms with E-state index in [0.717, 1.165) is 11.4 Å². The third kappa shape index (κ3) is 6.66. The summed E-state index contributed by atoms with van der Waals surface area (Å²) >= 11 is 1.07. The predicted molar refractivity (Wildman–Crippen MR) is 35.5 cm³/mol. The van der Waals surface area contributed by atoms with Crippen molar-refractivity contribution in [1.82, 2.24) is 0 Å². The van der Waals surface area contributed by atoms with Crippen molar-refractivity contribution in [3.8, 4) is 0 Å². The van der Waals surface area contributed by atoms with Crippen LogP contribution in [0, 0.1) is 0 Å². The second kappa shape index (κ2) is 5.79. The highest BCUT2D eigenvalue weighted by molar-refractivity contribution is 8.52. The van der Waals surface area contributed by atoms with Crippen LogP contribution in [0.2, 0.25) is 0 Å². The third-order valence-electron chi connectivity index (χ3n) is 0.509. The molecule has 0 atom stereocenters. The van der Waals surface area contributed by atoms with Crippen LogP contribution < -0.4 is 0 Å². The molecule has 0 radical (unpaired) electrons. The van der Waals surface area contributed by atoms with Crippen molar-refractivity contribution in [3.05, 3.63) is 0 Å². The van der Waals surface area contributed by atoms with Gasteiger partial charge in [0.05, 0.1) is 0 Å². The molecule has 3 nitrogen and oxygen atoms in total. The maximum absolute atomic E-state index is 8.28. The fourth-order valence-electron chi connectivity index (χ4n) is 0.211. The van der Waals surface area contributed by atoms with Crippen molar-refractivity contribution in [2.45, 2.75) is 6.42 Å². The molecule has 5 heteroatoms. The molecule has 0 saturated heterocycles. The van der Waals surface area contributed by atoms with Crippen LogP contribution in [0.4, 0.5) is 0 Å². The normalized spacial score (nSPS) is 10.5. The Morgan fingerprint density at radius 1 is 1.38 bits per heavy atom. The fourth-order valence-corrected chi connectivity index (χ4v) is 1.51. The number of rotatable bonds is 4. The number of hydrogen-bond donors (Lipinski definition) is 3. The van der Waals surface area contributed by atoms with Crippen LogP contribution in [-0.4, -0.2) is 27.3 Å². The molecule has 3 N–H and O–H groups in total. The monoisotopic (exact) mass is 156 g/mol. The van der Waals surface area contributed by atoms with E-state index < -0.39 is 7.58 Å². The van der Waals surface area contributed by atoms with Gasteiger partial charge < -0.3 is 14.9 Å². The highest BCUT2D eigenvalue weighted by Gasteiger charge is 1.96. The Morgan fingerprint density at radius 3 is 2.38 bits per heavy atom. The maximum atomic E-state index is 8.28. The van der Waals surface area contributed by atoms with Gasteiger partial charge in [-0.2, -0.15) is 0 Å². The quantitative estimate of drug-likeness (QED) is 0.405. The van der Waals surface area contributed by atoms with Gasteiger partial charge in [-0.1, -0.05) is 11.4 Å². The molecule has 0 saturated carbocycles. The summed E-state index contributed by atoms with van der Waals surface area (Å²) in [5.41, 5.74) is 0. The molecular weight excluding hydrogens is 147 g/mol. The van der Waals surface area contributed by atoms with Gasteiger partial charge in [0.15, 0.2) is 0 Å². The minimum Gasteiger partial charge on any atom is -0.396 e. The van der Waals surface area contributed by atoms with E-state index in [4.69, 9.17) is 14.9 Å². The molecule has 0 unspecified atom stereocenters. The molecule has 0 amide bonds. The zero-order chi connectivity index (χ0) is 6.41. The summed E-state index contributed by atoms with van der Waals surface area (Å²) in [4.78, 5) is 16.6. The first-order valence-corrected chi connectivity index (χ1v) is 5.03. The summed E-state index contributed by atoms with van der Waals surface area (Å²) in [7, 11) is -1.81. The van der Waals surface area contributed by atoms with Crippen molar-refractivity contribution >= 4 is 19.0 Å². The van der Waals surface area contributed by atoms with E-state index in [1.807, 2.05) is 0 Å². The summed E-state index contributed by atoms with van der Waals surface area (Å²) in [5.74, 6) is 0.620. The molecule has 0 rings (SSSR count). The predicted octanol–water partition coefficient (Wildman–Crippen LogP) is 0.313. The Bertz CT molecular complexity index is 51.8. The topological polar surface area (TPSA) is 60.7 Å². The van der Waals surface area contributed by atoms with E-state index in [1.54, 1.807) is 0 Å². The number of hydrogen-bond acceptors (Lipinski definition) is 4. The zero-order valence-corrected chi connectivity index (χ0v) is 6.03. The maximum Gasteiger partial charge on any atom is 0.232 e. The van der Waals surface area contributed by atoms with Gasteiger partial charge in [0, 0.05) is 12.4 Å². The van der Waals surface area contributed by atoms with Gasteiger partial charge in [-0.05, 0) is 6.42 Å². The molecule has 0 bridgehead atoms. The SMILES string of the molecule is OCCCSP(O)O. The van der Waals surface area contributed by atoms with E-state index in [9.17, 15) is 0 Å². The van der Waals surface area contributed by atoms with Crippen molar-refractivity contribution in [2.75, 3.05) is 12.4 Å². The second-order valence-corrected chi connectivity index (χ2v) is 4.09. The Labute approximate surface area is 53.4 Å². The summed E-state index contributed by atoms with van der Waals surface area (Å²) in [6, 6.07) is 0. The van der Waals surface area contributed by atoms with Gasteiger partial charge in [-0.25, -0.2) is 0 Å². The lowest BCUT2D eigenvalue weighted by atomic mass is 10.5. The van der Waals surface area contributed by atoms with Crippen molar-refractivity contribution in [2.24, 2.45) is 0 Å². The Hall–Kier alpha value is 0.660. The van der Waals surface area contributed by atoms with Crippen molar-refractivity contribution in [3.63, 3.8) is 0 Å². The lowest BCUT2D eigenvalue weighted by Crippen LogP contribution is -1.83. The third-order valence-corrected chi connectivity index (χ3v) is 2.45. The molecule has 0 aromatic carbocycles. The number of aliphatic hydroxyl groups is 1. The number of aliphatic hydroxyl groups excluding tert-OH is 1. The van der Waals surface area contributed by atoms with Gasteiger partial charge in [0.2, 0.25) is 7.58 Å². The molecule has 0 aliphatic carbocycles. The summed E-state index contributed by atoms with van der Waals surface area (Å²) in [6.07, 6.45) is 0.630. The molecule has 0 aromatic heterocycles. The first-order chi connectivity index (χ1) is 3.77. The van der Waals surface area contributed by atoms with Gasteiger partial charge in [0.1, 0.15) is 0 Å². The van der Waals surface area contributed by atoms with E-state index in [-0.39, 0.29) is 6.61 Å². The van der Waals surface area contributed by atoms with E-state index >= 15 is 0 Å². The van der Waals surface area contributed by atoms with Crippen molar-refractivity contribution in [1.29, 1.82) is 0 Å². The molecule has 0 spiro atoms. The van der Waals surface area contributed by atoms with Crippen LogP contribution in [0.25, 0.3) is 0 Å². The van der Waals surface area contributed by atoms with Crippen LogP contribution in [0.1, 0.15) is 6.42 Å². The summed E-state index contributed by atoms with van der Waals surface area (Å²) < 4.78 is 0. The minimum atomic E-state index is -1.81. The molecule has 0 aromatic rings. The average molecular weight is 156 g/mol. The molecular formula is C3H9O3PS. The fraction of sp³-hybridized carbons (Fsp3) is 1.00. The Balaban J connectivity index is 2.72. The first-order valence-electron chi connectivity index (χ1n) is 2.19. The molecule has 8 heavy (non-hydrogen) atoms. The standard InChI is InChI=1S/C3H9O3PS/c4-2-1-3-8-7(5)6/h4-6H,1-3H2. The molecule has 0 aliphatic heterocycles. The average Bonchev–Trinajstić information content (AvgIpc) is 1.66. The van der Waals surface area contributed by atoms with Gasteiger partial charge >= 0.3 is 0 Å². The van der Waals surface area contributed by atoms with Crippen LogP contribution in [-0.2, 0) is 0 Å². The summed E-state index contributed by atoms with van der Waals surface area (Å²) in [6.45, 7) is 0.121. The molecule has 0 heterocycles. The van der Waals surface area contributed by atoms with Gasteiger partial charge in [-0.15, -0.1) is 0 Å². The first kappa shape index (κ1) is 8.66. The second-order valence-electron chi connectivity index (χ2n) is 1.16. The lowest BCUT2D eigenvalue weighted by Gasteiger charge is -1.97.